The quantitative estimate of drug-likeness (QED) is 0.555. The summed E-state index contributed by atoms with van der Waals surface area (Å²) in [5.41, 5.74) is 3.50. The van der Waals surface area contributed by atoms with Crippen LogP contribution in [0.25, 0.3) is 0 Å². The summed E-state index contributed by atoms with van der Waals surface area (Å²) in [5.74, 6) is 0.479. The van der Waals surface area contributed by atoms with Gasteiger partial charge < -0.3 is 15.0 Å². The highest BCUT2D eigenvalue weighted by molar-refractivity contribution is 7.13. The molecule has 1 N–H and O–H groups in total. The Bertz CT molecular complexity index is 1100. The molecule has 1 aliphatic heterocycles. The maximum Gasteiger partial charge on any atom is 0.286 e. The van der Waals surface area contributed by atoms with Gasteiger partial charge in [0.2, 0.25) is 5.01 Å². The van der Waals surface area contributed by atoms with Crippen LogP contribution in [0.5, 0.6) is 5.75 Å². The average molecular weight is 465 g/mol. The molecule has 2 aromatic carbocycles. The van der Waals surface area contributed by atoms with Crippen LogP contribution in [0.15, 0.2) is 42.5 Å². The molecule has 0 radical (unpaired) electrons. The van der Waals surface area contributed by atoms with Crippen molar-refractivity contribution in [2.24, 2.45) is 0 Å². The molecule has 0 atom stereocenters. The SMILES string of the molecule is Cc1cc(C)cc(OCc2nnc(C(=O)Nc3ccc(C(=O)N4CCCCCC4)cc3)s2)c1. The van der Waals surface area contributed by atoms with Crippen molar-refractivity contribution in [2.75, 3.05) is 18.4 Å². The van der Waals surface area contributed by atoms with Gasteiger partial charge in [-0.25, -0.2) is 0 Å². The third-order valence-electron chi connectivity index (χ3n) is 5.50. The van der Waals surface area contributed by atoms with Gasteiger partial charge in [0.15, 0.2) is 5.01 Å². The van der Waals surface area contributed by atoms with Crippen molar-refractivity contribution in [3.8, 4) is 5.75 Å². The highest BCUT2D eigenvalue weighted by Crippen LogP contribution is 2.20. The lowest BCUT2D eigenvalue weighted by Crippen LogP contribution is -2.31. The van der Waals surface area contributed by atoms with Gasteiger partial charge in [-0.05, 0) is 74.2 Å². The Hall–Kier alpha value is -3.26. The van der Waals surface area contributed by atoms with Crippen LogP contribution >= 0.6 is 11.3 Å². The van der Waals surface area contributed by atoms with Crippen LogP contribution in [0.4, 0.5) is 5.69 Å². The van der Waals surface area contributed by atoms with E-state index in [9.17, 15) is 9.59 Å². The number of anilines is 1. The first-order valence-electron chi connectivity index (χ1n) is 11.2. The molecule has 7 nitrogen and oxygen atoms in total. The third kappa shape index (κ3) is 6.16. The molecule has 0 saturated carbocycles. The van der Waals surface area contributed by atoms with Crippen LogP contribution in [-0.2, 0) is 6.61 Å². The van der Waals surface area contributed by atoms with Crippen molar-refractivity contribution >= 4 is 28.8 Å². The zero-order valence-electron chi connectivity index (χ0n) is 19.0. The molecule has 172 valence electrons. The Labute approximate surface area is 197 Å². The van der Waals surface area contributed by atoms with Gasteiger partial charge in [-0.15, -0.1) is 10.2 Å². The van der Waals surface area contributed by atoms with E-state index in [4.69, 9.17) is 4.74 Å². The van der Waals surface area contributed by atoms with Crippen LogP contribution in [0, 0.1) is 13.8 Å². The average Bonchev–Trinajstić information content (AvgIpc) is 3.11. The number of aryl methyl sites for hydroxylation is 2. The summed E-state index contributed by atoms with van der Waals surface area (Å²) in [7, 11) is 0. The summed E-state index contributed by atoms with van der Waals surface area (Å²) in [6.45, 7) is 5.91. The van der Waals surface area contributed by atoms with Gasteiger partial charge in [-0.3, -0.25) is 9.59 Å². The molecule has 8 heteroatoms. The largest absolute Gasteiger partial charge is 0.486 e. The summed E-state index contributed by atoms with van der Waals surface area (Å²) >= 11 is 1.20. The van der Waals surface area contributed by atoms with Crippen molar-refractivity contribution in [1.29, 1.82) is 0 Å². The van der Waals surface area contributed by atoms with Gasteiger partial charge >= 0.3 is 0 Å². The van der Waals surface area contributed by atoms with E-state index in [1.165, 1.54) is 24.2 Å². The molecule has 4 rings (SSSR count). The number of carbonyl (C=O) groups is 2. The van der Waals surface area contributed by atoms with Crippen molar-refractivity contribution in [2.45, 2.75) is 46.1 Å². The highest BCUT2D eigenvalue weighted by Gasteiger charge is 2.18. The second-order valence-electron chi connectivity index (χ2n) is 8.35. The Morgan fingerprint density at radius 3 is 2.30 bits per heavy atom. The molecule has 33 heavy (non-hydrogen) atoms. The number of nitrogens with one attached hydrogen (secondary N) is 1. The fourth-order valence-corrected chi connectivity index (χ4v) is 4.55. The van der Waals surface area contributed by atoms with E-state index in [1.54, 1.807) is 24.3 Å². The lowest BCUT2D eigenvalue weighted by Gasteiger charge is -2.20. The lowest BCUT2D eigenvalue weighted by molar-refractivity contribution is 0.0761. The second kappa shape index (κ2) is 10.6. The number of nitrogens with zero attached hydrogens (tertiary/aromatic N) is 3. The number of amides is 2. The summed E-state index contributed by atoms with van der Waals surface area (Å²) in [5, 5.41) is 11.8. The van der Waals surface area contributed by atoms with Crippen LogP contribution in [0.2, 0.25) is 0 Å². The Morgan fingerprint density at radius 1 is 0.970 bits per heavy atom. The van der Waals surface area contributed by atoms with Crippen LogP contribution < -0.4 is 10.1 Å². The highest BCUT2D eigenvalue weighted by atomic mass is 32.1. The molecule has 1 fully saturated rings. The molecular weight excluding hydrogens is 436 g/mol. The summed E-state index contributed by atoms with van der Waals surface area (Å²) < 4.78 is 5.80. The first-order chi connectivity index (χ1) is 16.0. The zero-order valence-corrected chi connectivity index (χ0v) is 19.8. The molecule has 0 spiro atoms. The van der Waals surface area contributed by atoms with Gasteiger partial charge in [0.25, 0.3) is 11.8 Å². The molecule has 2 amide bonds. The molecule has 0 aliphatic carbocycles. The number of aromatic nitrogens is 2. The van der Waals surface area contributed by atoms with Gasteiger partial charge in [-0.1, -0.05) is 30.2 Å². The van der Waals surface area contributed by atoms with E-state index >= 15 is 0 Å². The molecule has 1 saturated heterocycles. The van der Waals surface area contributed by atoms with Gasteiger partial charge in [-0.2, -0.15) is 0 Å². The molecule has 1 aromatic heterocycles. The molecule has 2 heterocycles. The van der Waals surface area contributed by atoms with Crippen LogP contribution in [-0.4, -0.2) is 40.0 Å². The molecule has 0 unspecified atom stereocenters. The van der Waals surface area contributed by atoms with Crippen molar-refractivity contribution in [3.05, 3.63) is 69.2 Å². The van der Waals surface area contributed by atoms with E-state index in [0.717, 1.165) is 42.8 Å². The van der Waals surface area contributed by atoms with E-state index in [2.05, 4.69) is 21.6 Å². The molecular formula is C25H28N4O3S. The monoisotopic (exact) mass is 464 g/mol. The summed E-state index contributed by atoms with van der Waals surface area (Å²) in [6.07, 6.45) is 4.47. The minimum absolute atomic E-state index is 0.0485. The maximum atomic E-state index is 12.7. The summed E-state index contributed by atoms with van der Waals surface area (Å²) in [4.78, 5) is 27.2. The van der Waals surface area contributed by atoms with Gasteiger partial charge in [0, 0.05) is 24.3 Å². The summed E-state index contributed by atoms with van der Waals surface area (Å²) in [6, 6.07) is 13.0. The van der Waals surface area contributed by atoms with Crippen molar-refractivity contribution in [1.82, 2.24) is 15.1 Å². The minimum Gasteiger partial charge on any atom is -0.486 e. The zero-order chi connectivity index (χ0) is 23.2. The topological polar surface area (TPSA) is 84.4 Å². The van der Waals surface area contributed by atoms with E-state index in [1.807, 2.05) is 30.9 Å². The molecule has 0 bridgehead atoms. The number of hydrogen-bond donors (Lipinski definition) is 1. The smallest absolute Gasteiger partial charge is 0.286 e. The molecule has 3 aromatic rings. The lowest BCUT2D eigenvalue weighted by atomic mass is 10.1. The maximum absolute atomic E-state index is 12.7. The fraction of sp³-hybridized carbons (Fsp3) is 0.360. The fourth-order valence-electron chi connectivity index (χ4n) is 3.90. The number of benzene rings is 2. The Balaban J connectivity index is 1.32. The van der Waals surface area contributed by atoms with Gasteiger partial charge in [0.1, 0.15) is 12.4 Å². The second-order valence-corrected chi connectivity index (χ2v) is 9.41. The van der Waals surface area contributed by atoms with E-state index < -0.39 is 0 Å². The first kappa shape index (κ1) is 22.9. The Kier molecular flexibility index (Phi) is 7.34. The molecule has 1 aliphatic rings. The number of ether oxygens (including phenoxy) is 1. The standard InChI is InChI=1S/C25H28N4O3S/c1-17-13-18(2)15-21(14-17)32-16-22-27-28-24(33-22)23(30)26-20-9-7-19(8-10-20)25(31)29-11-5-3-4-6-12-29/h7-10,13-15H,3-6,11-12,16H2,1-2H3,(H,26,30). The third-order valence-corrected chi connectivity index (χ3v) is 6.40. The Morgan fingerprint density at radius 2 is 1.64 bits per heavy atom. The number of hydrogen-bond acceptors (Lipinski definition) is 6. The predicted octanol–water partition coefficient (Wildman–Crippen LogP) is 5.00. The van der Waals surface area contributed by atoms with E-state index in [0.29, 0.717) is 16.3 Å². The van der Waals surface area contributed by atoms with Crippen molar-refractivity contribution < 1.29 is 14.3 Å². The predicted molar refractivity (Wildman–Crippen MR) is 129 cm³/mol. The van der Waals surface area contributed by atoms with Crippen molar-refractivity contribution in [3.63, 3.8) is 0 Å². The normalized spacial score (nSPS) is 13.9. The first-order valence-corrected chi connectivity index (χ1v) is 12.0. The number of rotatable bonds is 6. The van der Waals surface area contributed by atoms with Crippen LogP contribution in [0.3, 0.4) is 0 Å². The number of carbonyl (C=O) groups excluding carboxylic acids is 2. The minimum atomic E-state index is -0.336. The van der Waals surface area contributed by atoms with E-state index in [-0.39, 0.29) is 23.4 Å². The van der Waals surface area contributed by atoms with Crippen LogP contribution in [0.1, 0.15) is 62.0 Å². The van der Waals surface area contributed by atoms with Gasteiger partial charge in [0.05, 0.1) is 0 Å². The number of likely N-dealkylation sites (tertiary alicyclic amines) is 1.